The predicted molar refractivity (Wildman–Crippen MR) is 103 cm³/mol. The molecule has 1 fully saturated rings. The van der Waals surface area contributed by atoms with E-state index in [1.165, 1.54) is 0 Å². The van der Waals surface area contributed by atoms with Gasteiger partial charge in [-0.1, -0.05) is 23.2 Å². The second kappa shape index (κ2) is 7.25. The molecule has 0 spiro atoms. The first-order valence-corrected chi connectivity index (χ1v) is 10.7. The summed E-state index contributed by atoms with van der Waals surface area (Å²) in [5.41, 5.74) is 2.18. The normalized spacial score (nSPS) is 18.8. The zero-order valence-electron chi connectivity index (χ0n) is 14.5. The first-order chi connectivity index (χ1) is 12.2. The Morgan fingerprint density at radius 2 is 1.85 bits per heavy atom. The quantitative estimate of drug-likeness (QED) is 0.691. The third-order valence-corrected chi connectivity index (χ3v) is 6.75. The van der Waals surface area contributed by atoms with Crippen molar-refractivity contribution < 1.29 is 17.9 Å². The molecule has 0 aliphatic carbocycles. The number of rotatable bonds is 5. The minimum atomic E-state index is -3.00. The Morgan fingerprint density at radius 3 is 2.42 bits per heavy atom. The number of benzene rings is 1. The van der Waals surface area contributed by atoms with Crippen molar-refractivity contribution in [2.75, 3.05) is 18.1 Å². The van der Waals surface area contributed by atoms with Crippen LogP contribution in [0.5, 0.6) is 5.75 Å². The zero-order chi connectivity index (χ0) is 19.1. The van der Waals surface area contributed by atoms with Crippen LogP contribution in [0, 0.1) is 13.8 Å². The lowest BCUT2D eigenvalue weighted by atomic mass is 10.1. The van der Waals surface area contributed by atoms with Gasteiger partial charge >= 0.3 is 0 Å². The maximum absolute atomic E-state index is 12.6. The van der Waals surface area contributed by atoms with Crippen LogP contribution in [0.25, 0.3) is 0 Å². The second-order valence-electron chi connectivity index (χ2n) is 6.53. The van der Waals surface area contributed by atoms with Crippen LogP contribution in [0.1, 0.15) is 34.2 Å². The van der Waals surface area contributed by atoms with E-state index < -0.39 is 9.84 Å². The van der Waals surface area contributed by atoms with Gasteiger partial charge in [0.05, 0.1) is 11.5 Å². The maximum Gasteiger partial charge on any atom is 0.202 e. The van der Waals surface area contributed by atoms with Crippen LogP contribution >= 0.6 is 23.2 Å². The fourth-order valence-corrected chi connectivity index (χ4v) is 5.64. The largest absolute Gasteiger partial charge is 0.485 e. The Bertz CT molecular complexity index is 946. The Morgan fingerprint density at radius 1 is 1.19 bits per heavy atom. The van der Waals surface area contributed by atoms with Crippen LogP contribution in [0.15, 0.2) is 24.3 Å². The molecule has 0 saturated carbocycles. The van der Waals surface area contributed by atoms with Crippen molar-refractivity contribution in [2.24, 2.45) is 0 Å². The van der Waals surface area contributed by atoms with Crippen molar-refractivity contribution in [3.8, 4) is 5.75 Å². The van der Waals surface area contributed by atoms with Crippen molar-refractivity contribution in [3.05, 3.63) is 51.3 Å². The van der Waals surface area contributed by atoms with E-state index in [-0.39, 0.29) is 29.9 Å². The molecule has 1 atom stereocenters. The summed E-state index contributed by atoms with van der Waals surface area (Å²) in [6.07, 6.45) is 0.573. The first kappa shape index (κ1) is 19.3. The lowest BCUT2D eigenvalue weighted by molar-refractivity contribution is 0.0920. The number of carbonyl (C=O) groups is 1. The average molecular weight is 416 g/mol. The van der Waals surface area contributed by atoms with Crippen molar-refractivity contribution in [2.45, 2.75) is 26.3 Å². The number of ether oxygens (including phenoxy) is 1. The third kappa shape index (κ3) is 4.08. The number of Topliss-reactive ketones (excluding diaryl/α,β-unsaturated/α-hetero) is 1. The minimum absolute atomic E-state index is 0.116. The Hall–Kier alpha value is -1.50. The number of aromatic nitrogens is 1. The van der Waals surface area contributed by atoms with Crippen LogP contribution in [0.2, 0.25) is 10.0 Å². The smallest absolute Gasteiger partial charge is 0.202 e. The van der Waals surface area contributed by atoms with Gasteiger partial charge in [0.25, 0.3) is 0 Å². The molecule has 2 aromatic rings. The fourth-order valence-electron chi connectivity index (χ4n) is 3.44. The number of ketones is 1. The summed E-state index contributed by atoms with van der Waals surface area (Å²) < 4.78 is 31.0. The van der Waals surface area contributed by atoms with Crippen molar-refractivity contribution in [3.63, 3.8) is 0 Å². The lowest BCUT2D eigenvalue weighted by Gasteiger charge is -2.16. The summed E-state index contributed by atoms with van der Waals surface area (Å²) in [6.45, 7) is 3.57. The summed E-state index contributed by atoms with van der Waals surface area (Å²) in [5.74, 6) is 0.554. The van der Waals surface area contributed by atoms with Gasteiger partial charge in [0.1, 0.15) is 5.75 Å². The maximum atomic E-state index is 12.6. The SMILES string of the molecule is Cc1cc(C(=O)COc2cc(Cl)cc(Cl)c2)c(C)n1C1CCS(=O)(=O)C1. The number of carbonyl (C=O) groups excluding carboxylic acids is 1. The minimum Gasteiger partial charge on any atom is -0.485 e. The molecule has 1 aliphatic rings. The van der Waals surface area contributed by atoms with E-state index in [1.807, 2.05) is 18.4 Å². The summed E-state index contributed by atoms with van der Waals surface area (Å²) in [6, 6.07) is 6.44. The Labute approximate surface area is 162 Å². The van der Waals surface area contributed by atoms with Gasteiger partial charge in [-0.15, -0.1) is 0 Å². The molecule has 140 valence electrons. The summed E-state index contributed by atoms with van der Waals surface area (Å²) >= 11 is 11.9. The van der Waals surface area contributed by atoms with Crippen LogP contribution in [0.3, 0.4) is 0 Å². The molecule has 1 aromatic heterocycles. The molecule has 1 saturated heterocycles. The van der Waals surface area contributed by atoms with Gasteiger partial charge in [-0.05, 0) is 44.5 Å². The number of hydrogen-bond acceptors (Lipinski definition) is 4. The molecule has 0 N–H and O–H groups in total. The molecule has 26 heavy (non-hydrogen) atoms. The van der Waals surface area contributed by atoms with Gasteiger partial charge in [0, 0.05) is 33.0 Å². The first-order valence-electron chi connectivity index (χ1n) is 8.17. The summed E-state index contributed by atoms with van der Waals surface area (Å²) in [4.78, 5) is 12.6. The number of sulfone groups is 1. The number of halogens is 2. The third-order valence-electron chi connectivity index (χ3n) is 4.56. The number of aryl methyl sites for hydroxylation is 1. The van der Waals surface area contributed by atoms with Gasteiger partial charge in [-0.2, -0.15) is 0 Å². The lowest BCUT2D eigenvalue weighted by Crippen LogP contribution is -2.16. The van der Waals surface area contributed by atoms with Crippen LogP contribution < -0.4 is 4.74 Å². The molecule has 1 unspecified atom stereocenters. The highest BCUT2D eigenvalue weighted by atomic mass is 35.5. The van der Waals surface area contributed by atoms with E-state index in [9.17, 15) is 13.2 Å². The van der Waals surface area contributed by atoms with Gasteiger partial charge in [-0.25, -0.2) is 8.42 Å². The van der Waals surface area contributed by atoms with E-state index >= 15 is 0 Å². The van der Waals surface area contributed by atoms with Crippen LogP contribution in [0.4, 0.5) is 0 Å². The molecule has 1 aromatic carbocycles. The van der Waals surface area contributed by atoms with Crippen molar-refractivity contribution in [1.29, 1.82) is 0 Å². The van der Waals surface area contributed by atoms with Gasteiger partial charge in [0.15, 0.2) is 16.4 Å². The molecule has 2 heterocycles. The van der Waals surface area contributed by atoms with Gasteiger partial charge in [0.2, 0.25) is 5.78 Å². The topological polar surface area (TPSA) is 65.4 Å². The molecular weight excluding hydrogens is 397 g/mol. The van der Waals surface area contributed by atoms with Gasteiger partial charge in [-0.3, -0.25) is 4.79 Å². The second-order valence-corrected chi connectivity index (χ2v) is 9.63. The van der Waals surface area contributed by atoms with E-state index in [4.69, 9.17) is 27.9 Å². The highest BCUT2D eigenvalue weighted by Gasteiger charge is 2.31. The molecule has 5 nitrogen and oxygen atoms in total. The van der Waals surface area contributed by atoms with Crippen molar-refractivity contribution in [1.82, 2.24) is 4.57 Å². The molecule has 8 heteroatoms. The summed E-state index contributed by atoms with van der Waals surface area (Å²) in [5, 5.41) is 0.862. The summed E-state index contributed by atoms with van der Waals surface area (Å²) in [7, 11) is -3.00. The highest BCUT2D eigenvalue weighted by Crippen LogP contribution is 2.29. The number of nitrogens with zero attached hydrogens (tertiary/aromatic N) is 1. The molecule has 0 bridgehead atoms. The molecule has 1 aliphatic heterocycles. The predicted octanol–water partition coefficient (Wildman–Crippen LogP) is 4.03. The standard InChI is InChI=1S/C18H19Cl2NO4S/c1-11-5-17(12(2)21(11)15-3-4-26(23,24)10-15)18(22)9-25-16-7-13(19)6-14(20)8-16/h5-8,15H,3-4,9-10H2,1-2H3. The monoisotopic (exact) mass is 415 g/mol. The van der Waals surface area contributed by atoms with Gasteiger partial charge < -0.3 is 9.30 Å². The number of hydrogen-bond donors (Lipinski definition) is 0. The Balaban J connectivity index is 1.77. The fraction of sp³-hybridized carbons (Fsp3) is 0.389. The molecule has 0 amide bonds. The van der Waals surface area contributed by atoms with Crippen LogP contribution in [-0.4, -0.2) is 36.9 Å². The molecule has 3 rings (SSSR count). The van der Waals surface area contributed by atoms with Crippen molar-refractivity contribution >= 4 is 38.8 Å². The zero-order valence-corrected chi connectivity index (χ0v) is 16.8. The van der Waals surface area contributed by atoms with Crippen LogP contribution in [-0.2, 0) is 9.84 Å². The van der Waals surface area contributed by atoms with E-state index in [1.54, 1.807) is 24.3 Å². The van der Waals surface area contributed by atoms with E-state index in [2.05, 4.69) is 0 Å². The molecule has 0 radical (unpaired) electrons. The molecular formula is C18H19Cl2NO4S. The average Bonchev–Trinajstić information content (AvgIpc) is 3.03. The van der Waals surface area contributed by atoms with E-state index in [0.717, 1.165) is 11.4 Å². The van der Waals surface area contributed by atoms with E-state index in [0.29, 0.717) is 27.8 Å². The Kier molecular flexibility index (Phi) is 5.37. The highest BCUT2D eigenvalue weighted by molar-refractivity contribution is 7.91.